The summed E-state index contributed by atoms with van der Waals surface area (Å²) in [5, 5.41) is 0. The molecular weight excluding hydrogens is 398 g/mol. The van der Waals surface area contributed by atoms with E-state index in [0.29, 0.717) is 11.4 Å². The molecule has 0 saturated heterocycles. The maximum absolute atomic E-state index is 13.3. The van der Waals surface area contributed by atoms with Crippen molar-refractivity contribution in [1.29, 1.82) is 0 Å². The molecule has 0 bridgehead atoms. The van der Waals surface area contributed by atoms with Crippen molar-refractivity contribution in [3.63, 3.8) is 0 Å². The topological polar surface area (TPSA) is 37.4 Å². The second-order valence-corrected chi connectivity index (χ2v) is 9.50. The summed E-state index contributed by atoms with van der Waals surface area (Å²) in [5.41, 5.74) is 4.46. The fourth-order valence-corrected chi connectivity index (χ4v) is 5.02. The molecule has 132 valence electrons. The zero-order valence-electron chi connectivity index (χ0n) is 14.7. The Morgan fingerprint density at radius 2 is 1.52 bits per heavy atom. The van der Waals surface area contributed by atoms with Crippen LogP contribution in [0.25, 0.3) is 0 Å². The molecule has 0 saturated carbocycles. The first-order chi connectivity index (χ1) is 11.8. The molecule has 1 aliphatic rings. The molecule has 0 aliphatic carbocycles. The average molecular weight is 420 g/mol. The van der Waals surface area contributed by atoms with E-state index in [4.69, 9.17) is 0 Å². The van der Waals surface area contributed by atoms with Crippen molar-refractivity contribution in [3.8, 4) is 0 Å². The fraction of sp³-hybridized carbons (Fsp3) is 0.300. The van der Waals surface area contributed by atoms with Crippen LogP contribution in [-0.4, -0.2) is 19.3 Å². The lowest BCUT2D eigenvalue weighted by Crippen LogP contribution is -2.39. The number of nitrogens with zero attached hydrogens (tertiary/aromatic N) is 1. The lowest BCUT2D eigenvalue weighted by Gasteiger charge is -2.36. The molecule has 1 atom stereocenters. The highest BCUT2D eigenvalue weighted by molar-refractivity contribution is 9.10. The number of rotatable bonds is 3. The highest BCUT2D eigenvalue weighted by Crippen LogP contribution is 2.38. The zero-order chi connectivity index (χ0) is 18.2. The molecule has 3 nitrogen and oxygen atoms in total. The summed E-state index contributed by atoms with van der Waals surface area (Å²) in [4.78, 5) is 0.354. The predicted molar refractivity (Wildman–Crippen MR) is 105 cm³/mol. The maximum atomic E-state index is 13.3. The highest BCUT2D eigenvalue weighted by atomic mass is 79.9. The molecule has 0 aromatic heterocycles. The summed E-state index contributed by atoms with van der Waals surface area (Å²) in [6, 6.07) is 14.8. The first-order valence-electron chi connectivity index (χ1n) is 8.28. The molecule has 0 fully saturated rings. The van der Waals surface area contributed by atoms with Crippen LogP contribution in [0, 0.1) is 6.92 Å². The summed E-state index contributed by atoms with van der Waals surface area (Å²) in [6.45, 7) is 6.50. The Labute approximate surface area is 158 Å². The van der Waals surface area contributed by atoms with Crippen molar-refractivity contribution in [2.24, 2.45) is 0 Å². The van der Waals surface area contributed by atoms with Crippen LogP contribution in [0.1, 0.15) is 37.4 Å². The van der Waals surface area contributed by atoms with Crippen molar-refractivity contribution in [1.82, 2.24) is 4.31 Å². The molecule has 2 aromatic rings. The van der Waals surface area contributed by atoms with Gasteiger partial charge >= 0.3 is 0 Å². The number of hydrogen-bond donors (Lipinski definition) is 0. The Bertz CT molecular complexity index is 900. The van der Waals surface area contributed by atoms with E-state index >= 15 is 0 Å². The van der Waals surface area contributed by atoms with Crippen LogP contribution in [0.15, 0.2) is 69.0 Å². The van der Waals surface area contributed by atoms with Gasteiger partial charge in [0.25, 0.3) is 0 Å². The van der Waals surface area contributed by atoms with Crippen LogP contribution in [0.3, 0.4) is 0 Å². The van der Waals surface area contributed by atoms with Gasteiger partial charge in [0, 0.05) is 11.0 Å². The molecule has 0 N–H and O–H groups in total. The van der Waals surface area contributed by atoms with E-state index < -0.39 is 10.0 Å². The zero-order valence-corrected chi connectivity index (χ0v) is 17.1. The summed E-state index contributed by atoms with van der Waals surface area (Å²) >= 11 is 3.45. The molecule has 0 spiro atoms. The normalized spacial score (nSPS) is 19.3. The molecule has 25 heavy (non-hydrogen) atoms. The molecule has 5 heteroatoms. The van der Waals surface area contributed by atoms with Crippen LogP contribution >= 0.6 is 15.9 Å². The van der Waals surface area contributed by atoms with E-state index in [1.807, 2.05) is 50.2 Å². The van der Waals surface area contributed by atoms with Gasteiger partial charge < -0.3 is 0 Å². The van der Waals surface area contributed by atoms with Gasteiger partial charge in [-0.3, -0.25) is 0 Å². The third-order valence-corrected chi connectivity index (χ3v) is 7.25. The van der Waals surface area contributed by atoms with Gasteiger partial charge in [-0.2, -0.15) is 4.31 Å². The SMILES string of the molecule is CC1=C(C)CN(S(=O)(=O)c2ccc(C)cc2)C(c2ccc(Br)cc2)C1. The van der Waals surface area contributed by atoms with Gasteiger partial charge in [0.15, 0.2) is 0 Å². The number of hydrogen-bond acceptors (Lipinski definition) is 2. The Kier molecular flexibility index (Phi) is 5.19. The van der Waals surface area contributed by atoms with Gasteiger partial charge in [-0.05, 0) is 57.0 Å². The number of aryl methyl sites for hydroxylation is 1. The number of halogens is 1. The minimum absolute atomic E-state index is 0.178. The van der Waals surface area contributed by atoms with Crippen LogP contribution in [0.4, 0.5) is 0 Å². The molecule has 1 heterocycles. The van der Waals surface area contributed by atoms with E-state index in [1.165, 1.54) is 5.57 Å². The van der Waals surface area contributed by atoms with Crippen molar-refractivity contribution in [2.45, 2.75) is 38.1 Å². The van der Waals surface area contributed by atoms with E-state index in [1.54, 1.807) is 16.4 Å². The molecule has 0 amide bonds. The van der Waals surface area contributed by atoms with Gasteiger partial charge in [-0.1, -0.05) is 56.9 Å². The van der Waals surface area contributed by atoms with E-state index in [9.17, 15) is 8.42 Å². The smallest absolute Gasteiger partial charge is 0.207 e. The van der Waals surface area contributed by atoms with Crippen LogP contribution in [0.2, 0.25) is 0 Å². The van der Waals surface area contributed by atoms with E-state index in [0.717, 1.165) is 27.6 Å². The highest BCUT2D eigenvalue weighted by Gasteiger charge is 2.35. The molecule has 3 rings (SSSR count). The minimum atomic E-state index is -3.56. The van der Waals surface area contributed by atoms with Crippen molar-refractivity contribution in [2.75, 3.05) is 6.54 Å². The summed E-state index contributed by atoms with van der Waals surface area (Å²) in [5.74, 6) is 0. The first-order valence-corrected chi connectivity index (χ1v) is 10.5. The first kappa shape index (κ1) is 18.4. The van der Waals surface area contributed by atoms with Gasteiger partial charge in [-0.15, -0.1) is 0 Å². The Morgan fingerprint density at radius 1 is 0.920 bits per heavy atom. The third-order valence-electron chi connectivity index (χ3n) is 4.85. The lowest BCUT2D eigenvalue weighted by molar-refractivity contribution is 0.323. The Balaban J connectivity index is 2.06. The number of sulfonamides is 1. The van der Waals surface area contributed by atoms with E-state index in [-0.39, 0.29) is 6.04 Å². The predicted octanol–water partition coefficient (Wildman–Crippen LogP) is 5.23. The van der Waals surface area contributed by atoms with E-state index in [2.05, 4.69) is 22.9 Å². The maximum Gasteiger partial charge on any atom is 0.243 e. The summed E-state index contributed by atoms with van der Waals surface area (Å²) in [7, 11) is -3.56. The largest absolute Gasteiger partial charge is 0.243 e. The Morgan fingerprint density at radius 3 is 2.12 bits per heavy atom. The van der Waals surface area contributed by atoms with Gasteiger partial charge in [0.05, 0.1) is 10.9 Å². The van der Waals surface area contributed by atoms with Gasteiger partial charge in [0.1, 0.15) is 0 Å². The Hall–Kier alpha value is -1.43. The minimum Gasteiger partial charge on any atom is -0.207 e. The monoisotopic (exact) mass is 419 g/mol. The average Bonchev–Trinajstić information content (AvgIpc) is 2.58. The standard InChI is InChI=1S/C20H22BrNO2S/c1-14-4-10-19(11-5-14)25(23,24)22-13-16(3)15(2)12-20(22)17-6-8-18(21)9-7-17/h4-11,20H,12-13H2,1-3H3. The molecule has 1 unspecified atom stereocenters. The summed E-state index contributed by atoms with van der Waals surface area (Å²) < 4.78 is 29.2. The summed E-state index contributed by atoms with van der Waals surface area (Å²) in [6.07, 6.45) is 0.721. The van der Waals surface area contributed by atoms with Crippen LogP contribution in [-0.2, 0) is 10.0 Å². The molecule has 1 aliphatic heterocycles. The molecular formula is C20H22BrNO2S. The van der Waals surface area contributed by atoms with Gasteiger partial charge in [0.2, 0.25) is 10.0 Å². The second-order valence-electron chi connectivity index (χ2n) is 6.70. The van der Waals surface area contributed by atoms with Crippen molar-refractivity contribution in [3.05, 3.63) is 75.3 Å². The molecule has 2 aromatic carbocycles. The lowest BCUT2D eigenvalue weighted by atomic mass is 9.93. The van der Waals surface area contributed by atoms with Gasteiger partial charge in [-0.25, -0.2) is 8.42 Å². The second kappa shape index (κ2) is 7.06. The van der Waals surface area contributed by atoms with Crippen molar-refractivity contribution >= 4 is 26.0 Å². The van der Waals surface area contributed by atoms with Crippen LogP contribution in [0.5, 0.6) is 0 Å². The van der Waals surface area contributed by atoms with Crippen molar-refractivity contribution < 1.29 is 8.42 Å². The third kappa shape index (κ3) is 3.73. The number of benzene rings is 2. The van der Waals surface area contributed by atoms with Crippen LogP contribution < -0.4 is 0 Å². The molecule has 0 radical (unpaired) electrons. The fourth-order valence-electron chi connectivity index (χ4n) is 3.11. The quantitative estimate of drug-likeness (QED) is 0.638.